The molecule has 1 atom stereocenters. The van der Waals surface area contributed by atoms with E-state index in [1.165, 1.54) is 18.2 Å². The fourth-order valence-electron chi connectivity index (χ4n) is 2.56. The van der Waals surface area contributed by atoms with Gasteiger partial charge in [0.1, 0.15) is 5.82 Å². The third-order valence-electron chi connectivity index (χ3n) is 3.92. The van der Waals surface area contributed by atoms with Crippen LogP contribution in [-0.2, 0) is 4.79 Å². The average Bonchev–Trinajstić information content (AvgIpc) is 3.10. The number of nitrogens with one attached hydrogen (secondary N) is 3. The Kier molecular flexibility index (Phi) is 5.11. The zero-order valence-corrected chi connectivity index (χ0v) is 14.4. The van der Waals surface area contributed by atoms with E-state index in [0.29, 0.717) is 5.82 Å². The van der Waals surface area contributed by atoms with Gasteiger partial charge in [-0.2, -0.15) is 0 Å². The molecule has 3 N–H and O–H groups in total. The Morgan fingerprint density at radius 1 is 1.22 bits per heavy atom. The minimum Gasteiger partial charge on any atom is -0.345 e. The highest BCUT2D eigenvalue weighted by Crippen LogP contribution is 2.15. The number of aromatic amines is 1. The Morgan fingerprint density at radius 3 is 2.74 bits per heavy atom. The summed E-state index contributed by atoms with van der Waals surface area (Å²) in [4.78, 5) is 41.9. The second kappa shape index (κ2) is 7.65. The van der Waals surface area contributed by atoms with E-state index in [-0.39, 0.29) is 23.8 Å². The van der Waals surface area contributed by atoms with Gasteiger partial charge in [0.25, 0.3) is 11.6 Å². The first-order valence-electron chi connectivity index (χ1n) is 8.20. The highest BCUT2D eigenvalue weighted by molar-refractivity contribution is 5.97. The number of nitro benzene ring substituents is 1. The zero-order valence-electron chi connectivity index (χ0n) is 14.4. The molecule has 0 aliphatic rings. The molecule has 9 nitrogen and oxygen atoms in total. The van der Waals surface area contributed by atoms with Crippen LogP contribution < -0.4 is 10.6 Å². The number of non-ortho nitro benzene ring substituents is 1. The molecule has 3 rings (SSSR count). The Balaban J connectivity index is 1.56. The average molecular weight is 367 g/mol. The number of amides is 2. The standard InChI is InChI=1S/C18H17N5O4/c1-11(17-21-14-7-2-3-8-15(14)22-17)20-16(24)10-19-18(25)12-5-4-6-13(9-12)23(26)27/h2-9,11H,10H2,1H3,(H,19,25)(H,20,24)(H,21,22). The maximum absolute atomic E-state index is 12.1. The largest absolute Gasteiger partial charge is 0.345 e. The van der Waals surface area contributed by atoms with Gasteiger partial charge in [0.15, 0.2) is 0 Å². The van der Waals surface area contributed by atoms with Crippen molar-refractivity contribution in [3.05, 3.63) is 70.0 Å². The summed E-state index contributed by atoms with van der Waals surface area (Å²) < 4.78 is 0. The van der Waals surface area contributed by atoms with Crippen molar-refractivity contribution in [2.24, 2.45) is 0 Å². The number of hydrogen-bond donors (Lipinski definition) is 3. The quantitative estimate of drug-likeness (QED) is 0.453. The van der Waals surface area contributed by atoms with Gasteiger partial charge < -0.3 is 15.6 Å². The third kappa shape index (κ3) is 4.27. The van der Waals surface area contributed by atoms with E-state index >= 15 is 0 Å². The number of rotatable bonds is 6. The van der Waals surface area contributed by atoms with Crippen molar-refractivity contribution in [2.45, 2.75) is 13.0 Å². The number of imidazole rings is 1. The number of carbonyl (C=O) groups is 2. The second-order valence-electron chi connectivity index (χ2n) is 5.92. The summed E-state index contributed by atoms with van der Waals surface area (Å²) in [6.07, 6.45) is 0. The second-order valence-corrected chi connectivity index (χ2v) is 5.92. The fraction of sp³-hybridized carbons (Fsp3) is 0.167. The summed E-state index contributed by atoms with van der Waals surface area (Å²) >= 11 is 0. The van der Waals surface area contributed by atoms with Crippen LogP contribution in [0.1, 0.15) is 29.1 Å². The summed E-state index contributed by atoms with van der Waals surface area (Å²) in [6.45, 7) is 1.52. The number of para-hydroxylation sites is 2. The number of aromatic nitrogens is 2. The molecule has 2 amide bonds. The van der Waals surface area contributed by atoms with Crippen LogP contribution in [0.4, 0.5) is 5.69 Å². The molecule has 1 heterocycles. The van der Waals surface area contributed by atoms with Crippen molar-refractivity contribution in [1.82, 2.24) is 20.6 Å². The summed E-state index contributed by atoms with van der Waals surface area (Å²) in [6, 6.07) is 12.4. The van der Waals surface area contributed by atoms with Crippen LogP contribution in [0.3, 0.4) is 0 Å². The Hall–Kier alpha value is -3.75. The van der Waals surface area contributed by atoms with Crippen LogP contribution in [0, 0.1) is 10.1 Å². The molecule has 0 aliphatic carbocycles. The molecule has 1 aromatic heterocycles. The first kappa shape index (κ1) is 18.1. The van der Waals surface area contributed by atoms with Crippen LogP contribution in [0.2, 0.25) is 0 Å². The van der Waals surface area contributed by atoms with E-state index < -0.39 is 16.7 Å². The van der Waals surface area contributed by atoms with Gasteiger partial charge in [-0.1, -0.05) is 18.2 Å². The van der Waals surface area contributed by atoms with Gasteiger partial charge in [0, 0.05) is 17.7 Å². The van der Waals surface area contributed by atoms with Gasteiger partial charge in [0.2, 0.25) is 5.91 Å². The van der Waals surface area contributed by atoms with Crippen LogP contribution >= 0.6 is 0 Å². The van der Waals surface area contributed by atoms with Gasteiger partial charge in [-0.15, -0.1) is 0 Å². The predicted molar refractivity (Wildman–Crippen MR) is 98.1 cm³/mol. The van der Waals surface area contributed by atoms with Crippen molar-refractivity contribution < 1.29 is 14.5 Å². The van der Waals surface area contributed by atoms with E-state index in [9.17, 15) is 19.7 Å². The first-order chi connectivity index (χ1) is 12.9. The summed E-state index contributed by atoms with van der Waals surface area (Å²) in [5, 5.41) is 15.9. The van der Waals surface area contributed by atoms with E-state index in [0.717, 1.165) is 17.1 Å². The summed E-state index contributed by atoms with van der Waals surface area (Å²) in [5.74, 6) is -0.360. The molecular weight excluding hydrogens is 350 g/mol. The molecule has 0 aliphatic heterocycles. The van der Waals surface area contributed by atoms with Gasteiger partial charge in [0.05, 0.1) is 28.5 Å². The Morgan fingerprint density at radius 2 is 2.00 bits per heavy atom. The zero-order chi connectivity index (χ0) is 19.4. The maximum atomic E-state index is 12.1. The SMILES string of the molecule is CC(NC(=O)CNC(=O)c1cccc([N+](=O)[O-])c1)c1nc2ccccc2[nH]1. The lowest BCUT2D eigenvalue weighted by atomic mass is 10.2. The van der Waals surface area contributed by atoms with Gasteiger partial charge in [-0.05, 0) is 25.1 Å². The Labute approximate surface area is 153 Å². The first-order valence-corrected chi connectivity index (χ1v) is 8.20. The fourth-order valence-corrected chi connectivity index (χ4v) is 2.56. The number of nitrogens with zero attached hydrogens (tertiary/aromatic N) is 2. The highest BCUT2D eigenvalue weighted by atomic mass is 16.6. The predicted octanol–water partition coefficient (Wildman–Crippen LogP) is 2.08. The normalized spacial score (nSPS) is 11.7. The van der Waals surface area contributed by atoms with Crippen LogP contribution in [-0.4, -0.2) is 33.3 Å². The number of benzene rings is 2. The van der Waals surface area contributed by atoms with Crippen molar-refractivity contribution in [3.63, 3.8) is 0 Å². The van der Waals surface area contributed by atoms with Crippen LogP contribution in [0.5, 0.6) is 0 Å². The van der Waals surface area contributed by atoms with E-state index in [1.807, 2.05) is 24.3 Å². The van der Waals surface area contributed by atoms with Crippen molar-refractivity contribution >= 4 is 28.5 Å². The molecule has 0 saturated heterocycles. The third-order valence-corrected chi connectivity index (χ3v) is 3.92. The molecule has 9 heteroatoms. The van der Waals surface area contributed by atoms with E-state index in [1.54, 1.807) is 6.92 Å². The number of hydrogen-bond acceptors (Lipinski definition) is 5. The lowest BCUT2D eigenvalue weighted by Crippen LogP contribution is -2.38. The minimum absolute atomic E-state index is 0.113. The number of carbonyl (C=O) groups excluding carboxylic acids is 2. The molecule has 0 fully saturated rings. The van der Waals surface area contributed by atoms with Crippen molar-refractivity contribution in [2.75, 3.05) is 6.54 Å². The van der Waals surface area contributed by atoms with Crippen LogP contribution in [0.25, 0.3) is 11.0 Å². The molecule has 3 aromatic rings. The molecule has 0 radical (unpaired) electrons. The molecule has 0 bridgehead atoms. The van der Waals surface area contributed by atoms with Crippen LogP contribution in [0.15, 0.2) is 48.5 Å². The van der Waals surface area contributed by atoms with Crippen molar-refractivity contribution in [3.8, 4) is 0 Å². The van der Waals surface area contributed by atoms with E-state index in [4.69, 9.17) is 0 Å². The lowest BCUT2D eigenvalue weighted by Gasteiger charge is -2.12. The highest BCUT2D eigenvalue weighted by Gasteiger charge is 2.15. The molecular formula is C18H17N5O4. The lowest BCUT2D eigenvalue weighted by molar-refractivity contribution is -0.384. The van der Waals surface area contributed by atoms with E-state index in [2.05, 4.69) is 20.6 Å². The molecule has 27 heavy (non-hydrogen) atoms. The Bertz CT molecular complexity index is 981. The number of nitro groups is 1. The summed E-state index contributed by atoms with van der Waals surface area (Å²) in [7, 11) is 0. The van der Waals surface area contributed by atoms with Gasteiger partial charge in [-0.3, -0.25) is 19.7 Å². The number of H-pyrrole nitrogens is 1. The molecule has 138 valence electrons. The van der Waals surface area contributed by atoms with Crippen molar-refractivity contribution in [1.29, 1.82) is 0 Å². The molecule has 2 aromatic carbocycles. The molecule has 0 saturated carbocycles. The molecule has 1 unspecified atom stereocenters. The monoisotopic (exact) mass is 367 g/mol. The number of fused-ring (bicyclic) bond motifs is 1. The molecule has 0 spiro atoms. The topological polar surface area (TPSA) is 130 Å². The van der Waals surface area contributed by atoms with Gasteiger partial charge in [-0.25, -0.2) is 4.98 Å². The minimum atomic E-state index is -0.585. The maximum Gasteiger partial charge on any atom is 0.270 e. The smallest absolute Gasteiger partial charge is 0.270 e. The summed E-state index contributed by atoms with van der Waals surface area (Å²) in [5.41, 5.74) is 1.59. The van der Waals surface area contributed by atoms with Gasteiger partial charge >= 0.3 is 0 Å².